The van der Waals surface area contributed by atoms with E-state index in [1.807, 2.05) is 5.38 Å². The Kier molecular flexibility index (Phi) is 3.93. The van der Waals surface area contributed by atoms with E-state index < -0.39 is 23.4 Å². The minimum Gasteiger partial charge on any atom is -0.481 e. The average Bonchev–Trinajstić information content (AvgIpc) is 3.27. The van der Waals surface area contributed by atoms with E-state index in [0.29, 0.717) is 4.96 Å². The number of carbonyl (C=O) groups is 2. The molecule has 7 nitrogen and oxygen atoms in total. The number of carbonyl (C=O) groups excluding carboxylic acids is 1. The second-order valence-electron chi connectivity index (χ2n) is 5.90. The van der Waals surface area contributed by atoms with E-state index in [1.165, 1.54) is 26.8 Å². The Bertz CT molecular complexity index is 837. The number of aromatic nitrogens is 2. The molecule has 3 rings (SSSR count). The van der Waals surface area contributed by atoms with Gasteiger partial charge < -0.3 is 10.0 Å². The van der Waals surface area contributed by atoms with Gasteiger partial charge in [-0.05, 0) is 19.8 Å². The summed E-state index contributed by atoms with van der Waals surface area (Å²) in [5.74, 6) is -2.07. The molecule has 1 aliphatic rings. The second-order valence-corrected chi connectivity index (χ2v) is 6.74. The molecule has 1 unspecified atom stereocenters. The molecule has 122 valence electrons. The van der Waals surface area contributed by atoms with Gasteiger partial charge in [0.1, 0.15) is 5.56 Å². The summed E-state index contributed by atoms with van der Waals surface area (Å²) in [7, 11) is 0. The van der Waals surface area contributed by atoms with Crippen molar-refractivity contribution < 1.29 is 14.7 Å². The lowest BCUT2D eigenvalue weighted by molar-refractivity contribution is -0.141. The van der Waals surface area contributed by atoms with Crippen molar-refractivity contribution in [2.45, 2.75) is 32.7 Å². The molecule has 23 heavy (non-hydrogen) atoms. The summed E-state index contributed by atoms with van der Waals surface area (Å²) in [6.45, 7) is 3.44. The molecule has 8 heteroatoms. The Morgan fingerprint density at radius 3 is 2.83 bits per heavy atom. The minimum atomic E-state index is -0.956. The maximum atomic E-state index is 12.8. The Hall–Kier alpha value is -2.22. The van der Waals surface area contributed by atoms with Crippen molar-refractivity contribution in [1.29, 1.82) is 0 Å². The van der Waals surface area contributed by atoms with E-state index in [1.54, 1.807) is 13.8 Å². The molecule has 1 atom stereocenters. The van der Waals surface area contributed by atoms with Gasteiger partial charge in [-0.15, -0.1) is 11.3 Å². The molecular weight excluding hydrogens is 318 g/mol. The average molecular weight is 335 g/mol. The van der Waals surface area contributed by atoms with Gasteiger partial charge in [0.25, 0.3) is 11.5 Å². The van der Waals surface area contributed by atoms with Crippen LogP contribution in [0.25, 0.3) is 4.96 Å². The van der Waals surface area contributed by atoms with Crippen LogP contribution in [-0.2, 0) is 4.79 Å². The Morgan fingerprint density at radius 2 is 2.22 bits per heavy atom. The van der Waals surface area contributed by atoms with Crippen LogP contribution in [0.5, 0.6) is 0 Å². The van der Waals surface area contributed by atoms with Crippen LogP contribution in [0.15, 0.2) is 16.4 Å². The number of carboxylic acids is 1. The SMILES string of the molecule is Cc1csc2ncc(C(=O)N(CC(C)C(=O)O)C3CC3)c(=O)n12. The molecule has 1 aliphatic carbocycles. The van der Waals surface area contributed by atoms with Gasteiger partial charge in [-0.2, -0.15) is 0 Å². The molecule has 0 aliphatic heterocycles. The van der Waals surface area contributed by atoms with Crippen molar-refractivity contribution in [2.75, 3.05) is 6.54 Å². The highest BCUT2D eigenvalue weighted by atomic mass is 32.1. The summed E-state index contributed by atoms with van der Waals surface area (Å²) in [4.78, 5) is 42.6. The second kappa shape index (κ2) is 5.77. The van der Waals surface area contributed by atoms with Gasteiger partial charge in [0, 0.05) is 29.9 Å². The zero-order valence-corrected chi connectivity index (χ0v) is 13.7. The summed E-state index contributed by atoms with van der Waals surface area (Å²) in [6, 6.07) is 0.0213. The van der Waals surface area contributed by atoms with Crippen LogP contribution in [0.1, 0.15) is 35.8 Å². The summed E-state index contributed by atoms with van der Waals surface area (Å²) >= 11 is 1.34. The van der Waals surface area contributed by atoms with E-state index in [4.69, 9.17) is 5.11 Å². The third kappa shape index (κ3) is 2.86. The maximum Gasteiger partial charge on any atom is 0.308 e. The number of rotatable bonds is 5. The van der Waals surface area contributed by atoms with Crippen molar-refractivity contribution in [1.82, 2.24) is 14.3 Å². The van der Waals surface area contributed by atoms with Crippen LogP contribution < -0.4 is 5.56 Å². The first-order chi connectivity index (χ1) is 10.9. The smallest absolute Gasteiger partial charge is 0.308 e. The lowest BCUT2D eigenvalue weighted by Gasteiger charge is -2.24. The highest BCUT2D eigenvalue weighted by molar-refractivity contribution is 7.15. The van der Waals surface area contributed by atoms with Crippen molar-refractivity contribution in [3.63, 3.8) is 0 Å². The summed E-state index contributed by atoms with van der Waals surface area (Å²) in [5.41, 5.74) is 0.329. The highest BCUT2D eigenvalue weighted by Crippen LogP contribution is 2.28. The Morgan fingerprint density at radius 1 is 1.52 bits per heavy atom. The van der Waals surface area contributed by atoms with E-state index in [2.05, 4.69) is 4.98 Å². The zero-order chi connectivity index (χ0) is 16.7. The van der Waals surface area contributed by atoms with Crippen molar-refractivity contribution in [3.8, 4) is 0 Å². The molecule has 1 fully saturated rings. The van der Waals surface area contributed by atoms with Crippen LogP contribution >= 0.6 is 11.3 Å². The van der Waals surface area contributed by atoms with Crippen LogP contribution in [0.3, 0.4) is 0 Å². The monoisotopic (exact) mass is 335 g/mol. The first-order valence-electron chi connectivity index (χ1n) is 7.39. The Balaban J connectivity index is 1.97. The number of hydrogen-bond acceptors (Lipinski definition) is 5. The number of nitrogens with zero attached hydrogens (tertiary/aromatic N) is 3. The lowest BCUT2D eigenvalue weighted by atomic mass is 10.1. The number of fused-ring (bicyclic) bond motifs is 1. The maximum absolute atomic E-state index is 12.8. The molecule has 1 amide bonds. The van der Waals surface area contributed by atoms with Crippen molar-refractivity contribution in [2.24, 2.45) is 5.92 Å². The fourth-order valence-electron chi connectivity index (χ4n) is 2.48. The first kappa shape index (κ1) is 15.7. The van der Waals surface area contributed by atoms with E-state index in [9.17, 15) is 14.4 Å². The number of hydrogen-bond donors (Lipinski definition) is 1. The van der Waals surface area contributed by atoms with Crippen molar-refractivity contribution in [3.05, 3.63) is 33.2 Å². The predicted molar refractivity (Wildman–Crippen MR) is 84.9 cm³/mol. The molecule has 0 aromatic carbocycles. The first-order valence-corrected chi connectivity index (χ1v) is 8.27. The van der Waals surface area contributed by atoms with Crippen LogP contribution in [0, 0.1) is 12.8 Å². The van der Waals surface area contributed by atoms with Gasteiger partial charge in [-0.25, -0.2) is 4.98 Å². The van der Waals surface area contributed by atoms with E-state index >= 15 is 0 Å². The molecule has 2 heterocycles. The normalized spacial score (nSPS) is 15.6. The summed E-state index contributed by atoms with van der Waals surface area (Å²) < 4.78 is 1.42. The number of aryl methyl sites for hydroxylation is 1. The largest absolute Gasteiger partial charge is 0.481 e. The van der Waals surface area contributed by atoms with Crippen molar-refractivity contribution >= 4 is 28.2 Å². The molecule has 0 spiro atoms. The topological polar surface area (TPSA) is 92.0 Å². The summed E-state index contributed by atoms with van der Waals surface area (Å²) in [5, 5.41) is 10.9. The van der Waals surface area contributed by atoms with Gasteiger partial charge in [-0.3, -0.25) is 18.8 Å². The van der Waals surface area contributed by atoms with Gasteiger partial charge in [0.15, 0.2) is 4.96 Å². The minimum absolute atomic E-state index is 0.00603. The molecule has 0 saturated heterocycles. The molecule has 0 radical (unpaired) electrons. The molecule has 2 aromatic rings. The number of thiazole rings is 1. The highest BCUT2D eigenvalue weighted by Gasteiger charge is 2.36. The van der Waals surface area contributed by atoms with E-state index in [0.717, 1.165) is 18.5 Å². The summed E-state index contributed by atoms with van der Waals surface area (Å²) in [6.07, 6.45) is 2.98. The number of aliphatic carboxylic acids is 1. The molecule has 0 bridgehead atoms. The number of amides is 1. The van der Waals surface area contributed by atoms with Crippen LogP contribution in [0.4, 0.5) is 0 Å². The van der Waals surface area contributed by atoms with Crippen LogP contribution in [0.2, 0.25) is 0 Å². The third-order valence-corrected chi connectivity index (χ3v) is 4.95. The standard InChI is InChI=1S/C15H17N3O4S/c1-8(14(21)22)6-17(10-3-4-10)12(19)11-5-16-15-18(13(11)20)9(2)7-23-15/h5,7-8,10H,3-4,6H2,1-2H3,(H,21,22). The van der Waals surface area contributed by atoms with Crippen LogP contribution in [-0.4, -0.2) is 43.9 Å². The fourth-order valence-corrected chi connectivity index (χ4v) is 3.31. The van der Waals surface area contributed by atoms with Gasteiger partial charge in [0.05, 0.1) is 5.92 Å². The Labute approximate surface area is 136 Å². The third-order valence-electron chi connectivity index (χ3n) is 3.99. The fraction of sp³-hybridized carbons (Fsp3) is 0.467. The van der Waals surface area contributed by atoms with E-state index in [-0.39, 0.29) is 18.2 Å². The molecular formula is C15H17N3O4S. The number of carboxylic acid groups (broad SMARTS) is 1. The lowest BCUT2D eigenvalue weighted by Crippen LogP contribution is -2.41. The quantitative estimate of drug-likeness (QED) is 0.891. The predicted octanol–water partition coefficient (Wildman–Crippen LogP) is 1.39. The zero-order valence-electron chi connectivity index (χ0n) is 12.9. The molecule has 2 aromatic heterocycles. The molecule has 1 N–H and O–H groups in total. The van der Waals surface area contributed by atoms with Gasteiger partial charge >= 0.3 is 5.97 Å². The molecule has 1 saturated carbocycles. The van der Waals surface area contributed by atoms with Gasteiger partial charge in [0.2, 0.25) is 0 Å². The van der Waals surface area contributed by atoms with Gasteiger partial charge in [-0.1, -0.05) is 6.92 Å².